The summed E-state index contributed by atoms with van der Waals surface area (Å²) in [5.74, 6) is 0.513. The topological polar surface area (TPSA) is 29.7 Å². The molecule has 0 spiro atoms. The van der Waals surface area contributed by atoms with Gasteiger partial charge in [0.05, 0.1) is 6.04 Å². The molecule has 0 bridgehead atoms. The standard InChI is InChI=1S/C28H28N3Si.CH3.2ClH.Ti/c1-32(2,31-25-14-8-6-12-23(25)30-24-13-7-9-15-26(24)31)27-17-16-22-21(18-19-29-28(22)27)20-10-4-3-5-11-20;;;;/h3-15,18-19,22,27-28H,16-17H2,1-2H3;1H3;2*1H;/q2*-1;;;+2/p-2/t22-,27?,28+;;;;/m1..../s1. The predicted molar refractivity (Wildman–Crippen MR) is 156 cm³/mol. The first-order chi connectivity index (χ1) is 17.1. The Bertz CT molecular complexity index is 1200. The Kier molecular flexibility index (Phi) is 8.85. The van der Waals surface area contributed by atoms with Crippen molar-refractivity contribution in [2.45, 2.75) is 37.5 Å². The summed E-state index contributed by atoms with van der Waals surface area (Å²) in [5.41, 5.74) is 8.07. The van der Waals surface area contributed by atoms with Crippen molar-refractivity contribution in [3.05, 3.63) is 103 Å². The first-order valence-electron chi connectivity index (χ1n) is 12.0. The van der Waals surface area contributed by atoms with Gasteiger partial charge in [-0.2, -0.15) is 0 Å². The van der Waals surface area contributed by atoms with Crippen LogP contribution in [0.3, 0.4) is 0 Å². The molecular formula is C29H31Cl2N3SiTi-2. The van der Waals surface area contributed by atoms with E-state index < -0.39 is 25.3 Å². The predicted octanol–water partition coefficient (Wildman–Crippen LogP) is 9.82. The molecule has 0 saturated heterocycles. The molecule has 6 rings (SSSR count). The Morgan fingerprint density at radius 1 is 0.861 bits per heavy atom. The molecule has 0 N–H and O–H groups in total. The first kappa shape index (κ1) is 27.2. The van der Waals surface area contributed by atoms with Crippen LogP contribution in [-0.2, 0) is 17.0 Å². The number of hydrogen-bond acceptors (Lipinski definition) is 2. The second kappa shape index (κ2) is 11.7. The van der Waals surface area contributed by atoms with Gasteiger partial charge in [-0.3, -0.25) is 4.99 Å². The summed E-state index contributed by atoms with van der Waals surface area (Å²) in [7, 11) is 7.80. The molecule has 1 aliphatic carbocycles. The second-order valence-electron chi connectivity index (χ2n) is 9.72. The van der Waals surface area contributed by atoms with Crippen molar-refractivity contribution in [2.75, 3.05) is 4.57 Å². The minimum absolute atomic E-state index is 0. The number of dihydropyridines is 1. The number of allylic oxidation sites excluding steroid dienone is 1. The van der Waals surface area contributed by atoms with E-state index in [-0.39, 0.29) is 7.43 Å². The molecule has 3 aliphatic rings. The van der Waals surface area contributed by atoms with Crippen molar-refractivity contribution in [1.29, 1.82) is 0 Å². The Morgan fingerprint density at radius 3 is 2.03 bits per heavy atom. The van der Waals surface area contributed by atoms with Crippen LogP contribution in [0.5, 0.6) is 0 Å². The molecule has 0 radical (unpaired) electrons. The fraction of sp³-hybridized carbons (Fsp3) is 0.241. The number of anilines is 2. The normalized spacial score (nSPS) is 21.4. The SMILES string of the molecule is C[Si](C)(C1CC[C@@H]2C(c3ccccc3)=CC=N[C@H]12)N1c2ccccc2[N-]c2ccccc21.[CH3-].[Cl][Ti][Cl]. The van der Waals surface area contributed by atoms with E-state index in [0.717, 1.165) is 11.4 Å². The Morgan fingerprint density at radius 2 is 1.42 bits per heavy atom. The van der Waals surface area contributed by atoms with Crippen molar-refractivity contribution in [3.8, 4) is 0 Å². The number of nitrogens with zero attached hydrogens (tertiary/aromatic N) is 3. The molecule has 0 amide bonds. The van der Waals surface area contributed by atoms with E-state index in [1.165, 1.54) is 35.4 Å². The fourth-order valence-electron chi connectivity index (χ4n) is 6.13. The molecule has 3 atom stereocenters. The van der Waals surface area contributed by atoms with Crippen LogP contribution >= 0.6 is 18.6 Å². The van der Waals surface area contributed by atoms with E-state index in [0.29, 0.717) is 17.5 Å². The third-order valence-electron chi connectivity index (χ3n) is 7.60. The molecule has 0 aromatic heterocycles. The van der Waals surface area contributed by atoms with Crippen LogP contribution in [0.2, 0.25) is 18.6 Å². The Hall–Kier alpha value is -1.82. The molecule has 3 aromatic carbocycles. The van der Waals surface area contributed by atoms with Gasteiger partial charge in [0.2, 0.25) is 0 Å². The Labute approximate surface area is 233 Å². The van der Waals surface area contributed by atoms with Crippen LogP contribution in [0.4, 0.5) is 22.7 Å². The molecule has 1 saturated carbocycles. The van der Waals surface area contributed by atoms with Crippen molar-refractivity contribution in [2.24, 2.45) is 10.9 Å². The summed E-state index contributed by atoms with van der Waals surface area (Å²) in [4.78, 5) is 5.10. The number of halogens is 2. The summed E-state index contributed by atoms with van der Waals surface area (Å²) in [6.45, 7) is 5.07. The second-order valence-corrected chi connectivity index (χ2v) is 16.8. The van der Waals surface area contributed by atoms with E-state index >= 15 is 0 Å². The van der Waals surface area contributed by atoms with Crippen LogP contribution in [0.15, 0.2) is 89.9 Å². The molecule has 186 valence electrons. The minimum atomic E-state index is -1.98. The average Bonchev–Trinajstić information content (AvgIpc) is 3.33. The van der Waals surface area contributed by atoms with Gasteiger partial charge in [-0.05, 0) is 47.7 Å². The molecule has 3 aromatic rings. The maximum atomic E-state index is 5.10. The first-order valence-corrected chi connectivity index (χ1v) is 19.3. The van der Waals surface area contributed by atoms with Crippen LogP contribution in [0.1, 0.15) is 18.4 Å². The molecule has 1 fully saturated rings. The van der Waals surface area contributed by atoms with E-state index in [9.17, 15) is 0 Å². The fourth-order valence-corrected chi connectivity index (χ4v) is 10.1. The summed E-state index contributed by atoms with van der Waals surface area (Å²) in [6.07, 6.45) is 6.76. The Balaban J connectivity index is 0.000000726. The van der Waals surface area contributed by atoms with Gasteiger partial charge in [0.25, 0.3) is 0 Å². The van der Waals surface area contributed by atoms with Gasteiger partial charge >= 0.3 is 35.6 Å². The van der Waals surface area contributed by atoms with Crippen LogP contribution in [0.25, 0.3) is 10.9 Å². The number of hydrogen-bond donors (Lipinski definition) is 0. The summed E-state index contributed by atoms with van der Waals surface area (Å²) in [6, 6.07) is 28.5. The number of aliphatic imine (C=N–C) groups is 1. The van der Waals surface area contributed by atoms with E-state index in [4.69, 9.17) is 28.9 Å². The van der Waals surface area contributed by atoms with Gasteiger partial charge in [0.1, 0.15) is 0 Å². The summed E-state index contributed by atoms with van der Waals surface area (Å²) in [5, 5.41) is 4.97. The molecule has 2 heterocycles. The van der Waals surface area contributed by atoms with E-state index in [1.54, 1.807) is 0 Å². The molecule has 36 heavy (non-hydrogen) atoms. The van der Waals surface area contributed by atoms with Gasteiger partial charge in [-0.25, -0.2) is 0 Å². The van der Waals surface area contributed by atoms with Crippen molar-refractivity contribution in [1.82, 2.24) is 0 Å². The monoisotopic (exact) mass is 567 g/mol. The van der Waals surface area contributed by atoms with Gasteiger partial charge in [-0.1, -0.05) is 79.8 Å². The van der Waals surface area contributed by atoms with Crippen LogP contribution < -0.4 is 4.57 Å². The van der Waals surface area contributed by atoms with Gasteiger partial charge in [0, 0.05) is 23.5 Å². The zero-order valence-electron chi connectivity index (χ0n) is 20.9. The van der Waals surface area contributed by atoms with Gasteiger partial charge < -0.3 is 17.3 Å². The quantitative estimate of drug-likeness (QED) is 0.229. The molecule has 2 aliphatic heterocycles. The molecule has 7 heteroatoms. The van der Waals surface area contributed by atoms with E-state index in [2.05, 4.69) is 109 Å². The van der Waals surface area contributed by atoms with Gasteiger partial charge in [-0.15, -0.1) is 11.4 Å². The zero-order valence-corrected chi connectivity index (χ0v) is 25.0. The summed E-state index contributed by atoms with van der Waals surface area (Å²) < 4.78 is 2.67. The average molecular weight is 568 g/mol. The molecule has 3 nitrogen and oxygen atoms in total. The van der Waals surface area contributed by atoms with Gasteiger partial charge in [0.15, 0.2) is 8.24 Å². The number of rotatable bonds is 3. The maximum absolute atomic E-state index is 5.10. The molecule has 1 unspecified atom stereocenters. The van der Waals surface area contributed by atoms with E-state index in [1.807, 2.05) is 0 Å². The van der Waals surface area contributed by atoms with Crippen LogP contribution in [0, 0.1) is 13.3 Å². The number of benzene rings is 3. The van der Waals surface area contributed by atoms with Crippen molar-refractivity contribution >= 4 is 61.4 Å². The third kappa shape index (κ3) is 4.99. The third-order valence-corrected chi connectivity index (χ3v) is 11.7. The number of para-hydroxylation sites is 4. The zero-order chi connectivity index (χ0) is 24.4. The van der Waals surface area contributed by atoms with Crippen molar-refractivity contribution < 1.29 is 17.0 Å². The number of fused-ring (bicyclic) bond motifs is 3. The molecular weight excluding hydrogens is 537 g/mol. The van der Waals surface area contributed by atoms with Crippen LogP contribution in [-0.4, -0.2) is 20.5 Å². The van der Waals surface area contributed by atoms with Crippen molar-refractivity contribution in [3.63, 3.8) is 0 Å². The summed E-state index contributed by atoms with van der Waals surface area (Å²) >= 11 is -0.556.